The maximum Gasteiger partial charge on any atom is 0.236 e. The molecule has 3 aromatic rings. The van der Waals surface area contributed by atoms with E-state index in [1.165, 1.54) is 15.3 Å². The van der Waals surface area contributed by atoms with Crippen molar-refractivity contribution in [2.45, 2.75) is 25.3 Å². The van der Waals surface area contributed by atoms with Crippen LogP contribution in [0.25, 0.3) is 10.2 Å². The molecule has 1 amide bonds. The molecule has 1 saturated heterocycles. The van der Waals surface area contributed by atoms with Gasteiger partial charge in [-0.3, -0.25) is 9.69 Å². The number of rotatable bonds is 5. The predicted octanol–water partition coefficient (Wildman–Crippen LogP) is 4.20. The Hall–Kier alpha value is -1.76. The van der Waals surface area contributed by atoms with Gasteiger partial charge in [-0.15, -0.1) is 11.3 Å². The van der Waals surface area contributed by atoms with Gasteiger partial charge in [-0.1, -0.05) is 12.1 Å². The summed E-state index contributed by atoms with van der Waals surface area (Å²) in [6.45, 7) is 2.96. The third-order valence-electron chi connectivity index (χ3n) is 4.87. The Balaban J connectivity index is 1.38. The summed E-state index contributed by atoms with van der Waals surface area (Å²) in [6.07, 6.45) is 2.18. The van der Waals surface area contributed by atoms with E-state index in [1.807, 2.05) is 18.0 Å². The molecular formula is C20H23N3OS2. The van der Waals surface area contributed by atoms with Gasteiger partial charge in [0.25, 0.3) is 0 Å². The van der Waals surface area contributed by atoms with Crippen LogP contribution in [0.5, 0.6) is 0 Å². The first kappa shape index (κ1) is 17.6. The number of fused-ring (bicyclic) bond motifs is 1. The smallest absolute Gasteiger partial charge is 0.236 e. The molecule has 3 heterocycles. The first-order valence-corrected chi connectivity index (χ1v) is 10.8. The van der Waals surface area contributed by atoms with Gasteiger partial charge in [0.15, 0.2) is 0 Å². The molecule has 136 valence electrons. The van der Waals surface area contributed by atoms with Gasteiger partial charge in [-0.05, 0) is 54.4 Å². The molecule has 0 aliphatic carbocycles. The minimum atomic E-state index is 0.230. The van der Waals surface area contributed by atoms with E-state index in [1.54, 1.807) is 22.7 Å². The molecule has 1 atom stereocenters. The maximum atomic E-state index is 12.8. The number of likely N-dealkylation sites (tertiary alicyclic amines) is 1. The fraction of sp³-hybridized carbons (Fsp3) is 0.400. The number of amides is 1. The number of piperidine rings is 1. The molecule has 26 heavy (non-hydrogen) atoms. The average molecular weight is 386 g/mol. The Morgan fingerprint density at radius 1 is 1.35 bits per heavy atom. The average Bonchev–Trinajstić information content (AvgIpc) is 3.31. The molecule has 0 spiro atoms. The van der Waals surface area contributed by atoms with E-state index in [9.17, 15) is 4.79 Å². The van der Waals surface area contributed by atoms with Crippen LogP contribution in [-0.2, 0) is 11.3 Å². The Kier molecular flexibility index (Phi) is 5.33. The highest BCUT2D eigenvalue weighted by atomic mass is 32.1. The minimum absolute atomic E-state index is 0.230. The number of nitrogens with zero attached hydrogens (tertiary/aromatic N) is 3. The molecular weight excluding hydrogens is 362 g/mol. The zero-order chi connectivity index (χ0) is 17.9. The number of benzene rings is 1. The standard InChI is InChI=1S/C20H23N3OS2/c1-22(11-15-8-10-25-14-15)13-19(24)23-9-4-5-16(12-23)20-21-17-6-2-3-7-18(17)26-20/h2-3,6-8,10,14,16H,4-5,9,11-13H2,1H3/t16-/m1/s1. The van der Waals surface area contributed by atoms with Gasteiger partial charge in [0.2, 0.25) is 5.91 Å². The lowest BCUT2D eigenvalue weighted by molar-refractivity contribution is -0.133. The summed E-state index contributed by atoms with van der Waals surface area (Å²) in [4.78, 5) is 21.7. The van der Waals surface area contributed by atoms with Gasteiger partial charge in [0.1, 0.15) is 0 Å². The van der Waals surface area contributed by atoms with Crippen molar-refractivity contribution in [2.75, 3.05) is 26.7 Å². The molecule has 0 unspecified atom stereocenters. The van der Waals surface area contributed by atoms with Crippen LogP contribution >= 0.6 is 22.7 Å². The highest BCUT2D eigenvalue weighted by molar-refractivity contribution is 7.18. The van der Waals surface area contributed by atoms with Crippen molar-refractivity contribution < 1.29 is 4.79 Å². The molecule has 1 aliphatic heterocycles. The normalized spacial score (nSPS) is 17.9. The van der Waals surface area contributed by atoms with E-state index in [0.29, 0.717) is 12.5 Å². The summed E-state index contributed by atoms with van der Waals surface area (Å²) in [5.74, 6) is 0.598. The third-order valence-corrected chi connectivity index (χ3v) is 6.80. The number of hydrogen-bond acceptors (Lipinski definition) is 5. The summed E-state index contributed by atoms with van der Waals surface area (Å²) >= 11 is 3.48. The van der Waals surface area contributed by atoms with Crippen molar-refractivity contribution in [2.24, 2.45) is 0 Å². The van der Waals surface area contributed by atoms with Crippen LogP contribution < -0.4 is 0 Å². The van der Waals surface area contributed by atoms with Crippen LogP contribution in [0.3, 0.4) is 0 Å². The van der Waals surface area contributed by atoms with Crippen LogP contribution in [0.15, 0.2) is 41.1 Å². The van der Waals surface area contributed by atoms with Gasteiger partial charge in [-0.25, -0.2) is 4.98 Å². The molecule has 0 saturated carbocycles. The predicted molar refractivity (Wildman–Crippen MR) is 109 cm³/mol. The van der Waals surface area contributed by atoms with Crippen molar-refractivity contribution in [1.82, 2.24) is 14.8 Å². The van der Waals surface area contributed by atoms with Crippen LogP contribution in [-0.4, -0.2) is 47.4 Å². The van der Waals surface area contributed by atoms with E-state index in [2.05, 4.69) is 39.9 Å². The zero-order valence-corrected chi connectivity index (χ0v) is 16.6. The van der Waals surface area contributed by atoms with E-state index >= 15 is 0 Å². The van der Waals surface area contributed by atoms with E-state index in [0.717, 1.165) is 38.0 Å². The summed E-state index contributed by atoms with van der Waals surface area (Å²) in [5, 5.41) is 5.40. The lowest BCUT2D eigenvalue weighted by Gasteiger charge is -2.33. The largest absolute Gasteiger partial charge is 0.341 e. The molecule has 0 radical (unpaired) electrons. The van der Waals surface area contributed by atoms with Gasteiger partial charge < -0.3 is 4.90 Å². The minimum Gasteiger partial charge on any atom is -0.341 e. The Labute approximate surface area is 162 Å². The molecule has 1 fully saturated rings. The second kappa shape index (κ2) is 7.86. The fourth-order valence-electron chi connectivity index (χ4n) is 3.55. The molecule has 4 rings (SSSR count). The van der Waals surface area contributed by atoms with E-state index in [4.69, 9.17) is 4.98 Å². The number of thiazole rings is 1. The highest BCUT2D eigenvalue weighted by Crippen LogP contribution is 2.33. The second-order valence-corrected chi connectivity index (χ2v) is 8.84. The summed E-state index contributed by atoms with van der Waals surface area (Å²) < 4.78 is 1.24. The Bertz CT molecular complexity index is 841. The quantitative estimate of drug-likeness (QED) is 0.661. The number of hydrogen-bond donors (Lipinski definition) is 0. The number of likely N-dealkylation sites (N-methyl/N-ethyl adjacent to an activating group) is 1. The topological polar surface area (TPSA) is 36.4 Å². The molecule has 0 N–H and O–H groups in total. The summed E-state index contributed by atoms with van der Waals surface area (Å²) in [7, 11) is 2.02. The van der Waals surface area contributed by atoms with Crippen molar-refractivity contribution in [3.63, 3.8) is 0 Å². The monoisotopic (exact) mass is 385 g/mol. The number of para-hydroxylation sites is 1. The van der Waals surface area contributed by atoms with Crippen molar-refractivity contribution in [3.8, 4) is 0 Å². The second-order valence-electron chi connectivity index (χ2n) is 7.00. The van der Waals surface area contributed by atoms with Crippen LogP contribution in [0.1, 0.15) is 29.3 Å². The first-order chi connectivity index (χ1) is 12.7. The van der Waals surface area contributed by atoms with Crippen LogP contribution in [0.2, 0.25) is 0 Å². The molecule has 1 aromatic carbocycles. The third kappa shape index (κ3) is 3.98. The maximum absolute atomic E-state index is 12.8. The van der Waals surface area contributed by atoms with Crippen molar-refractivity contribution in [3.05, 3.63) is 51.7 Å². The molecule has 4 nitrogen and oxygen atoms in total. The molecule has 2 aromatic heterocycles. The van der Waals surface area contributed by atoms with Gasteiger partial charge in [-0.2, -0.15) is 11.3 Å². The molecule has 6 heteroatoms. The van der Waals surface area contributed by atoms with Crippen LogP contribution in [0, 0.1) is 0 Å². The van der Waals surface area contributed by atoms with Gasteiger partial charge in [0.05, 0.1) is 21.8 Å². The van der Waals surface area contributed by atoms with E-state index in [-0.39, 0.29) is 5.91 Å². The Morgan fingerprint density at radius 2 is 2.23 bits per heavy atom. The summed E-state index contributed by atoms with van der Waals surface area (Å²) in [6, 6.07) is 10.4. The fourth-order valence-corrected chi connectivity index (χ4v) is 5.30. The summed E-state index contributed by atoms with van der Waals surface area (Å²) in [5.41, 5.74) is 2.35. The number of thiophene rings is 1. The first-order valence-electron chi connectivity index (χ1n) is 9.02. The van der Waals surface area contributed by atoms with Crippen molar-refractivity contribution in [1.29, 1.82) is 0 Å². The van der Waals surface area contributed by atoms with E-state index < -0.39 is 0 Å². The highest BCUT2D eigenvalue weighted by Gasteiger charge is 2.27. The van der Waals surface area contributed by atoms with Crippen molar-refractivity contribution >= 4 is 38.8 Å². The SMILES string of the molecule is CN(CC(=O)N1CCC[C@@H](c2nc3ccccc3s2)C1)Cc1ccsc1. The lowest BCUT2D eigenvalue weighted by atomic mass is 9.98. The number of carbonyl (C=O) groups excluding carboxylic acids is 1. The number of carbonyl (C=O) groups is 1. The van der Waals surface area contributed by atoms with Gasteiger partial charge >= 0.3 is 0 Å². The Morgan fingerprint density at radius 3 is 3.04 bits per heavy atom. The molecule has 1 aliphatic rings. The number of aromatic nitrogens is 1. The zero-order valence-electron chi connectivity index (χ0n) is 14.9. The van der Waals surface area contributed by atoms with Gasteiger partial charge in [0, 0.05) is 25.6 Å². The van der Waals surface area contributed by atoms with Crippen LogP contribution in [0.4, 0.5) is 0 Å². The lowest BCUT2D eigenvalue weighted by Crippen LogP contribution is -2.43. The molecule has 0 bridgehead atoms.